The Hall–Kier alpha value is -1.73. The van der Waals surface area contributed by atoms with Crippen LogP contribution in [0.4, 0.5) is 5.82 Å². The number of fused-ring (bicyclic) bond motifs is 1. The van der Waals surface area contributed by atoms with Crippen LogP contribution in [0.3, 0.4) is 0 Å². The van der Waals surface area contributed by atoms with Crippen LogP contribution in [0.1, 0.15) is 19.3 Å². The van der Waals surface area contributed by atoms with Crippen LogP contribution in [0.5, 0.6) is 11.5 Å². The average Bonchev–Trinajstić information content (AvgIpc) is 2.67. The minimum atomic E-state index is 0.694. The van der Waals surface area contributed by atoms with Crippen LogP contribution in [0.2, 0.25) is 0 Å². The first kappa shape index (κ1) is 18.1. The molecule has 136 valence electrons. The van der Waals surface area contributed by atoms with E-state index >= 15 is 0 Å². The van der Waals surface area contributed by atoms with Crippen molar-refractivity contribution in [3.8, 4) is 11.5 Å². The number of piperidine rings is 1. The zero-order valence-electron chi connectivity index (χ0n) is 15.1. The molecule has 1 aliphatic heterocycles. The molecule has 0 aliphatic carbocycles. The number of rotatable bonds is 7. The third kappa shape index (κ3) is 4.10. The topological polar surface area (TPSA) is 59.5 Å². The van der Waals surface area contributed by atoms with E-state index in [9.17, 15) is 0 Å². The lowest BCUT2D eigenvalue weighted by Gasteiger charge is -2.33. The minimum absolute atomic E-state index is 0.694. The van der Waals surface area contributed by atoms with Gasteiger partial charge in [0.15, 0.2) is 11.5 Å². The normalized spacial score (nSPS) is 15.6. The summed E-state index contributed by atoms with van der Waals surface area (Å²) < 4.78 is 14.2. The van der Waals surface area contributed by atoms with E-state index in [1.807, 2.05) is 12.1 Å². The van der Waals surface area contributed by atoms with Gasteiger partial charge in [0.1, 0.15) is 12.1 Å². The maximum atomic E-state index is 5.45. The standard InChI is InChI=1S/C18H26N4O2S/c1-23-16-10-14-15(11-17(16)24-2)19-12-20-18(14)22-8-5-13(6-9-22)4-7-21-25-3/h10-13,21H,4-9H2,1-3H3. The highest BCUT2D eigenvalue weighted by atomic mass is 32.2. The molecule has 1 aromatic heterocycles. The summed E-state index contributed by atoms with van der Waals surface area (Å²) in [4.78, 5) is 11.3. The van der Waals surface area contributed by atoms with Crippen LogP contribution < -0.4 is 19.1 Å². The van der Waals surface area contributed by atoms with Crippen molar-refractivity contribution in [1.29, 1.82) is 0 Å². The second-order valence-corrected chi connectivity index (χ2v) is 6.94. The van der Waals surface area contributed by atoms with Gasteiger partial charge in [-0.15, -0.1) is 0 Å². The van der Waals surface area contributed by atoms with Gasteiger partial charge in [-0.25, -0.2) is 9.97 Å². The number of hydrogen-bond acceptors (Lipinski definition) is 7. The largest absolute Gasteiger partial charge is 0.493 e. The van der Waals surface area contributed by atoms with E-state index < -0.39 is 0 Å². The molecule has 1 aliphatic rings. The number of methoxy groups -OCH3 is 2. The number of ether oxygens (including phenoxy) is 2. The molecule has 25 heavy (non-hydrogen) atoms. The summed E-state index contributed by atoms with van der Waals surface area (Å²) in [6.07, 6.45) is 7.36. The Morgan fingerprint density at radius 1 is 1.16 bits per heavy atom. The van der Waals surface area contributed by atoms with Gasteiger partial charge in [-0.05, 0) is 37.5 Å². The van der Waals surface area contributed by atoms with Gasteiger partial charge in [-0.2, -0.15) is 0 Å². The fraction of sp³-hybridized carbons (Fsp3) is 0.556. The zero-order chi connectivity index (χ0) is 17.6. The van der Waals surface area contributed by atoms with Gasteiger partial charge in [0.25, 0.3) is 0 Å². The van der Waals surface area contributed by atoms with Gasteiger partial charge in [-0.3, -0.25) is 4.72 Å². The van der Waals surface area contributed by atoms with Crippen LogP contribution in [-0.2, 0) is 0 Å². The summed E-state index contributed by atoms with van der Waals surface area (Å²) >= 11 is 1.70. The molecule has 1 saturated heterocycles. The molecular formula is C18H26N4O2S. The summed E-state index contributed by atoms with van der Waals surface area (Å²) in [5, 5.41) is 1.02. The van der Waals surface area contributed by atoms with E-state index in [1.54, 1.807) is 32.5 Å². The van der Waals surface area contributed by atoms with Crippen molar-refractivity contribution >= 4 is 28.7 Å². The molecule has 0 spiro atoms. The first-order valence-electron chi connectivity index (χ1n) is 8.64. The molecule has 1 aromatic carbocycles. The smallest absolute Gasteiger partial charge is 0.162 e. The summed E-state index contributed by atoms with van der Waals surface area (Å²) in [5.41, 5.74) is 0.883. The van der Waals surface area contributed by atoms with Crippen molar-refractivity contribution in [3.63, 3.8) is 0 Å². The van der Waals surface area contributed by atoms with Gasteiger partial charge in [0.2, 0.25) is 0 Å². The van der Waals surface area contributed by atoms with E-state index in [-0.39, 0.29) is 0 Å². The number of benzene rings is 1. The number of nitrogens with zero attached hydrogens (tertiary/aromatic N) is 3. The SMILES string of the molecule is COc1cc2ncnc(N3CCC(CCNSC)CC3)c2cc1OC. The fourth-order valence-corrected chi connectivity index (χ4v) is 3.74. The first-order valence-corrected chi connectivity index (χ1v) is 9.86. The maximum Gasteiger partial charge on any atom is 0.162 e. The average molecular weight is 362 g/mol. The Bertz CT molecular complexity index is 705. The molecule has 2 heterocycles. The minimum Gasteiger partial charge on any atom is -0.493 e. The predicted octanol–water partition coefficient (Wildman–Crippen LogP) is 3.12. The van der Waals surface area contributed by atoms with E-state index in [0.29, 0.717) is 11.5 Å². The quantitative estimate of drug-likeness (QED) is 0.600. The Morgan fingerprint density at radius 3 is 2.56 bits per heavy atom. The maximum absolute atomic E-state index is 5.45. The second-order valence-electron chi connectivity index (χ2n) is 6.24. The van der Waals surface area contributed by atoms with E-state index in [0.717, 1.165) is 42.3 Å². The highest BCUT2D eigenvalue weighted by molar-refractivity contribution is 7.96. The van der Waals surface area contributed by atoms with Crippen molar-refractivity contribution < 1.29 is 9.47 Å². The van der Waals surface area contributed by atoms with Crippen LogP contribution in [0, 0.1) is 5.92 Å². The highest BCUT2D eigenvalue weighted by Crippen LogP contribution is 2.35. The molecule has 0 radical (unpaired) electrons. The van der Waals surface area contributed by atoms with Gasteiger partial charge in [0.05, 0.1) is 19.7 Å². The second kappa shape index (κ2) is 8.58. The summed E-state index contributed by atoms with van der Waals surface area (Å²) in [6, 6.07) is 3.90. The van der Waals surface area contributed by atoms with Crippen molar-refractivity contribution in [2.75, 3.05) is 45.0 Å². The lowest BCUT2D eigenvalue weighted by Crippen LogP contribution is -2.35. The summed E-state index contributed by atoms with van der Waals surface area (Å²) in [7, 11) is 3.30. The molecule has 0 saturated carbocycles. The van der Waals surface area contributed by atoms with Gasteiger partial charge in [0, 0.05) is 31.1 Å². The van der Waals surface area contributed by atoms with Crippen LogP contribution in [0.15, 0.2) is 18.5 Å². The van der Waals surface area contributed by atoms with E-state index in [2.05, 4.69) is 25.8 Å². The van der Waals surface area contributed by atoms with Crippen molar-refractivity contribution in [2.45, 2.75) is 19.3 Å². The molecular weight excluding hydrogens is 336 g/mol. The van der Waals surface area contributed by atoms with Gasteiger partial charge >= 0.3 is 0 Å². The van der Waals surface area contributed by atoms with E-state index in [1.165, 1.54) is 19.3 Å². The summed E-state index contributed by atoms with van der Waals surface area (Å²) in [6.45, 7) is 3.15. The lowest BCUT2D eigenvalue weighted by atomic mass is 9.93. The van der Waals surface area contributed by atoms with E-state index in [4.69, 9.17) is 9.47 Å². The number of aromatic nitrogens is 2. The van der Waals surface area contributed by atoms with Gasteiger partial charge < -0.3 is 14.4 Å². The molecule has 1 fully saturated rings. The molecule has 6 nitrogen and oxygen atoms in total. The van der Waals surface area contributed by atoms with Crippen molar-refractivity contribution in [2.24, 2.45) is 5.92 Å². The monoisotopic (exact) mass is 362 g/mol. The molecule has 3 rings (SSSR count). The number of hydrogen-bond donors (Lipinski definition) is 1. The fourth-order valence-electron chi connectivity index (χ4n) is 3.42. The Labute approximate surface area is 153 Å². The van der Waals surface area contributed by atoms with Crippen molar-refractivity contribution in [1.82, 2.24) is 14.7 Å². The van der Waals surface area contributed by atoms with Crippen LogP contribution in [0.25, 0.3) is 10.9 Å². The highest BCUT2D eigenvalue weighted by Gasteiger charge is 2.22. The lowest BCUT2D eigenvalue weighted by molar-refractivity contribution is 0.355. The first-order chi connectivity index (χ1) is 12.3. The van der Waals surface area contributed by atoms with Crippen LogP contribution in [-0.4, -0.2) is 50.1 Å². The van der Waals surface area contributed by atoms with Crippen LogP contribution >= 0.6 is 11.9 Å². The third-order valence-electron chi connectivity index (χ3n) is 4.83. The molecule has 0 bridgehead atoms. The zero-order valence-corrected chi connectivity index (χ0v) is 15.9. The Balaban J connectivity index is 1.78. The molecule has 7 heteroatoms. The Morgan fingerprint density at radius 2 is 1.88 bits per heavy atom. The molecule has 0 amide bonds. The number of anilines is 1. The molecule has 0 unspecified atom stereocenters. The van der Waals surface area contributed by atoms with Gasteiger partial charge in [-0.1, -0.05) is 11.9 Å². The summed E-state index contributed by atoms with van der Waals surface area (Å²) in [5.74, 6) is 3.19. The third-order valence-corrected chi connectivity index (χ3v) is 5.33. The molecule has 2 aromatic rings. The van der Waals surface area contributed by atoms with Crippen molar-refractivity contribution in [3.05, 3.63) is 18.5 Å². The molecule has 0 atom stereocenters. The molecule has 1 N–H and O–H groups in total. The predicted molar refractivity (Wildman–Crippen MR) is 104 cm³/mol. The number of nitrogens with one attached hydrogen (secondary N) is 1. The Kier molecular flexibility index (Phi) is 6.20.